The number of benzene rings is 7. The van der Waals surface area contributed by atoms with E-state index in [0.29, 0.717) is 0 Å². The van der Waals surface area contributed by atoms with Crippen LogP contribution >= 0.6 is 0 Å². The van der Waals surface area contributed by atoms with E-state index in [0.717, 1.165) is 27.9 Å². The molecule has 9 aromatic rings. The Labute approximate surface area is 254 Å². The first-order valence-electron chi connectivity index (χ1n) is 15.3. The number of hydrogen-bond acceptors (Lipinski definition) is 2. The lowest BCUT2D eigenvalue weighted by Gasteiger charge is -2.21. The third-order valence-electron chi connectivity index (χ3n) is 10.00. The molecule has 206 valence electrons. The van der Waals surface area contributed by atoms with Crippen LogP contribution in [0, 0.1) is 0 Å². The van der Waals surface area contributed by atoms with Gasteiger partial charge in [0.15, 0.2) is 5.82 Å². The fourth-order valence-electron chi connectivity index (χ4n) is 7.91. The molecule has 0 aliphatic heterocycles. The molecule has 0 saturated heterocycles. The Hall–Kier alpha value is -5.54. The minimum absolute atomic E-state index is 0.104. The average Bonchev–Trinajstić information content (AvgIpc) is 3.50. The van der Waals surface area contributed by atoms with Crippen molar-refractivity contribution in [2.24, 2.45) is 0 Å². The van der Waals surface area contributed by atoms with Crippen LogP contribution in [0.5, 0.6) is 0 Å². The van der Waals surface area contributed by atoms with Crippen molar-refractivity contribution in [3.63, 3.8) is 0 Å². The van der Waals surface area contributed by atoms with Gasteiger partial charge in [0.1, 0.15) is 0 Å². The summed E-state index contributed by atoms with van der Waals surface area (Å²) in [7, 11) is 0. The van der Waals surface area contributed by atoms with Crippen molar-refractivity contribution in [1.29, 1.82) is 0 Å². The topological polar surface area (TPSA) is 30.7 Å². The molecule has 0 radical (unpaired) electrons. The fourth-order valence-corrected chi connectivity index (χ4v) is 7.91. The zero-order chi connectivity index (χ0) is 29.2. The lowest BCUT2D eigenvalue weighted by atomic mass is 9.82. The van der Waals surface area contributed by atoms with Crippen molar-refractivity contribution in [2.45, 2.75) is 19.3 Å². The number of hydrogen-bond donors (Lipinski definition) is 0. The van der Waals surface area contributed by atoms with E-state index in [2.05, 4.69) is 115 Å². The molecule has 7 aromatic carbocycles. The van der Waals surface area contributed by atoms with Crippen LogP contribution in [-0.2, 0) is 5.41 Å². The van der Waals surface area contributed by atoms with Gasteiger partial charge in [0.2, 0.25) is 0 Å². The highest BCUT2D eigenvalue weighted by Crippen LogP contribution is 2.51. The van der Waals surface area contributed by atoms with E-state index in [9.17, 15) is 0 Å². The van der Waals surface area contributed by atoms with Crippen LogP contribution in [0.25, 0.3) is 82.1 Å². The SMILES string of the molecule is CC1(C)c2ccccc2-c2cc3c4cc5c6ccccc6c6ccccc6c5cc4n(-c4cnc5ccccc5n4)c3cc21. The van der Waals surface area contributed by atoms with Crippen LogP contribution in [0.4, 0.5) is 0 Å². The average molecular weight is 562 g/mol. The van der Waals surface area contributed by atoms with Crippen LogP contribution in [-0.4, -0.2) is 14.5 Å². The summed E-state index contributed by atoms with van der Waals surface area (Å²) in [5, 5.41) is 10.1. The zero-order valence-corrected chi connectivity index (χ0v) is 24.5. The van der Waals surface area contributed by atoms with E-state index in [1.165, 1.54) is 65.3 Å². The zero-order valence-electron chi connectivity index (χ0n) is 24.5. The van der Waals surface area contributed by atoms with Crippen molar-refractivity contribution in [3.05, 3.63) is 139 Å². The van der Waals surface area contributed by atoms with E-state index in [-0.39, 0.29) is 5.41 Å². The molecule has 0 amide bonds. The highest BCUT2D eigenvalue weighted by molar-refractivity contribution is 6.29. The van der Waals surface area contributed by atoms with Gasteiger partial charge >= 0.3 is 0 Å². The van der Waals surface area contributed by atoms with Gasteiger partial charge in [-0.25, -0.2) is 4.98 Å². The summed E-state index contributed by atoms with van der Waals surface area (Å²) in [5.74, 6) is 0.835. The lowest BCUT2D eigenvalue weighted by Crippen LogP contribution is -2.15. The van der Waals surface area contributed by atoms with Crippen LogP contribution in [0.1, 0.15) is 25.0 Å². The molecule has 0 fully saturated rings. The second kappa shape index (κ2) is 8.30. The van der Waals surface area contributed by atoms with Crippen molar-refractivity contribution < 1.29 is 0 Å². The maximum Gasteiger partial charge on any atom is 0.156 e. The highest BCUT2D eigenvalue weighted by atomic mass is 15.1. The summed E-state index contributed by atoms with van der Waals surface area (Å²) >= 11 is 0. The second-order valence-electron chi connectivity index (χ2n) is 12.6. The molecule has 0 spiro atoms. The molecular formula is C41H27N3. The molecule has 2 aromatic heterocycles. The maximum absolute atomic E-state index is 5.18. The maximum atomic E-state index is 5.18. The first-order valence-corrected chi connectivity index (χ1v) is 15.3. The van der Waals surface area contributed by atoms with Crippen molar-refractivity contribution in [3.8, 4) is 16.9 Å². The molecular weight excluding hydrogens is 534 g/mol. The minimum Gasteiger partial charge on any atom is -0.292 e. The van der Waals surface area contributed by atoms with E-state index in [1.54, 1.807) is 0 Å². The summed E-state index contributed by atoms with van der Waals surface area (Å²) < 4.78 is 2.34. The van der Waals surface area contributed by atoms with Gasteiger partial charge in [0, 0.05) is 16.2 Å². The lowest BCUT2D eigenvalue weighted by molar-refractivity contribution is 0.661. The molecule has 3 heteroatoms. The quantitative estimate of drug-likeness (QED) is 0.187. The Kier molecular flexibility index (Phi) is 4.52. The van der Waals surface area contributed by atoms with Gasteiger partial charge in [-0.3, -0.25) is 9.55 Å². The molecule has 0 atom stereocenters. The summed E-state index contributed by atoms with van der Waals surface area (Å²) in [6.07, 6.45) is 1.93. The molecule has 1 aliphatic carbocycles. The fraction of sp³-hybridized carbons (Fsp3) is 0.0732. The van der Waals surface area contributed by atoms with Gasteiger partial charge in [-0.2, -0.15) is 0 Å². The summed E-state index contributed by atoms with van der Waals surface area (Å²) in [6.45, 7) is 4.69. The molecule has 0 unspecified atom stereocenters. The van der Waals surface area contributed by atoms with Crippen LogP contribution in [0.2, 0.25) is 0 Å². The summed E-state index contributed by atoms with van der Waals surface area (Å²) in [6, 6.07) is 44.3. The first-order chi connectivity index (χ1) is 21.6. The number of aromatic nitrogens is 3. The first kappa shape index (κ1) is 24.0. The number of nitrogens with zero attached hydrogens (tertiary/aromatic N) is 3. The summed E-state index contributed by atoms with van der Waals surface area (Å²) in [4.78, 5) is 10.0. The summed E-state index contributed by atoms with van der Waals surface area (Å²) in [5.41, 5.74) is 9.39. The number of fused-ring (bicyclic) bond motifs is 13. The van der Waals surface area contributed by atoms with Crippen molar-refractivity contribution in [2.75, 3.05) is 0 Å². The Morgan fingerprint density at radius 2 is 1.05 bits per heavy atom. The van der Waals surface area contributed by atoms with Crippen molar-refractivity contribution in [1.82, 2.24) is 14.5 Å². The molecule has 0 bridgehead atoms. The van der Waals surface area contributed by atoms with Gasteiger partial charge in [-0.15, -0.1) is 0 Å². The van der Waals surface area contributed by atoms with Crippen LogP contribution < -0.4 is 0 Å². The normalized spacial score (nSPS) is 13.9. The van der Waals surface area contributed by atoms with Gasteiger partial charge < -0.3 is 0 Å². The Morgan fingerprint density at radius 3 is 1.80 bits per heavy atom. The minimum atomic E-state index is -0.104. The van der Waals surface area contributed by atoms with E-state index in [4.69, 9.17) is 9.97 Å². The standard InChI is InChI=1S/C41H27N3/c1-41(2)34-16-8-7-15-28(34)31-20-33-32-19-29-26-13-5-3-11-24(26)25-12-4-6-14-27(25)30(29)21-38(32)44(39(33)22-35(31)41)40-23-42-36-17-9-10-18-37(36)43-40/h3-23H,1-2H3. The predicted octanol–water partition coefficient (Wildman–Crippen LogP) is 10.5. The Balaban J connectivity index is 1.42. The second-order valence-corrected chi connectivity index (χ2v) is 12.6. The van der Waals surface area contributed by atoms with E-state index >= 15 is 0 Å². The molecule has 2 heterocycles. The van der Waals surface area contributed by atoms with Gasteiger partial charge in [0.05, 0.1) is 28.3 Å². The van der Waals surface area contributed by atoms with Gasteiger partial charge in [-0.05, 0) is 91.0 Å². The predicted molar refractivity (Wildman–Crippen MR) is 184 cm³/mol. The Morgan fingerprint density at radius 1 is 0.477 bits per heavy atom. The molecule has 0 saturated carbocycles. The van der Waals surface area contributed by atoms with Gasteiger partial charge in [0.25, 0.3) is 0 Å². The smallest absolute Gasteiger partial charge is 0.156 e. The monoisotopic (exact) mass is 561 g/mol. The Bertz CT molecular complexity index is 2690. The van der Waals surface area contributed by atoms with Crippen LogP contribution in [0.3, 0.4) is 0 Å². The molecule has 3 nitrogen and oxygen atoms in total. The largest absolute Gasteiger partial charge is 0.292 e. The highest BCUT2D eigenvalue weighted by Gasteiger charge is 2.36. The molecule has 44 heavy (non-hydrogen) atoms. The van der Waals surface area contributed by atoms with E-state index < -0.39 is 0 Å². The molecule has 1 aliphatic rings. The van der Waals surface area contributed by atoms with Gasteiger partial charge in [-0.1, -0.05) is 98.8 Å². The third kappa shape index (κ3) is 3.01. The van der Waals surface area contributed by atoms with Crippen LogP contribution in [0.15, 0.2) is 128 Å². The van der Waals surface area contributed by atoms with E-state index in [1.807, 2.05) is 30.5 Å². The molecule has 10 rings (SSSR count). The molecule has 0 N–H and O–H groups in total. The van der Waals surface area contributed by atoms with Crippen molar-refractivity contribution >= 4 is 65.2 Å². The number of para-hydroxylation sites is 2. The number of rotatable bonds is 1. The third-order valence-corrected chi connectivity index (χ3v) is 10.00.